The Kier molecular flexibility index (Phi) is 4.08. The average molecular weight is 268 g/mol. The standard InChI is InChI=1S/C17H20N2O/c1-4-19(15-8-5-12(2)6-9-15)17(20)14-7-10-16(18)13(3)11-14/h5-11H,4,18H2,1-3H3. The predicted molar refractivity (Wildman–Crippen MR) is 84.1 cm³/mol. The fourth-order valence-corrected chi connectivity index (χ4v) is 2.13. The number of hydrogen-bond acceptors (Lipinski definition) is 2. The van der Waals surface area contributed by atoms with Gasteiger partial charge in [-0.15, -0.1) is 0 Å². The minimum Gasteiger partial charge on any atom is -0.399 e. The fourth-order valence-electron chi connectivity index (χ4n) is 2.13. The average Bonchev–Trinajstić information content (AvgIpc) is 2.44. The number of carbonyl (C=O) groups excluding carboxylic acids is 1. The normalized spacial score (nSPS) is 10.3. The third-order valence-corrected chi connectivity index (χ3v) is 3.42. The largest absolute Gasteiger partial charge is 0.399 e. The second-order valence-corrected chi connectivity index (χ2v) is 4.96. The number of rotatable bonds is 3. The molecule has 2 aromatic rings. The highest BCUT2D eigenvalue weighted by Crippen LogP contribution is 2.20. The summed E-state index contributed by atoms with van der Waals surface area (Å²) < 4.78 is 0. The minimum absolute atomic E-state index is 0.000506. The number of aryl methyl sites for hydroxylation is 2. The highest BCUT2D eigenvalue weighted by Gasteiger charge is 2.16. The molecule has 0 fully saturated rings. The summed E-state index contributed by atoms with van der Waals surface area (Å²) in [5.74, 6) is -0.000506. The molecule has 2 aromatic carbocycles. The number of anilines is 2. The predicted octanol–water partition coefficient (Wildman–Crippen LogP) is 3.55. The van der Waals surface area contributed by atoms with E-state index in [1.807, 2.05) is 51.1 Å². The van der Waals surface area contributed by atoms with Gasteiger partial charge in [-0.25, -0.2) is 0 Å². The van der Waals surface area contributed by atoms with Crippen molar-refractivity contribution in [1.29, 1.82) is 0 Å². The highest BCUT2D eigenvalue weighted by atomic mass is 16.2. The first-order valence-electron chi connectivity index (χ1n) is 6.77. The van der Waals surface area contributed by atoms with E-state index in [4.69, 9.17) is 5.73 Å². The Hall–Kier alpha value is -2.29. The lowest BCUT2D eigenvalue weighted by molar-refractivity contribution is 0.0988. The van der Waals surface area contributed by atoms with Crippen molar-refractivity contribution >= 4 is 17.3 Å². The Morgan fingerprint density at radius 2 is 1.75 bits per heavy atom. The topological polar surface area (TPSA) is 46.3 Å². The number of benzene rings is 2. The number of nitrogens with two attached hydrogens (primary N) is 1. The van der Waals surface area contributed by atoms with Gasteiger partial charge in [-0.1, -0.05) is 17.7 Å². The van der Waals surface area contributed by atoms with Crippen LogP contribution in [-0.2, 0) is 0 Å². The second-order valence-electron chi connectivity index (χ2n) is 4.96. The molecule has 0 aromatic heterocycles. The Bertz CT molecular complexity index is 617. The zero-order valence-corrected chi connectivity index (χ0v) is 12.2. The van der Waals surface area contributed by atoms with E-state index < -0.39 is 0 Å². The van der Waals surface area contributed by atoms with Crippen LogP contribution in [0.25, 0.3) is 0 Å². The van der Waals surface area contributed by atoms with Gasteiger partial charge in [0, 0.05) is 23.5 Å². The van der Waals surface area contributed by atoms with Crippen molar-refractivity contribution in [3.63, 3.8) is 0 Å². The molecule has 2 rings (SSSR count). The van der Waals surface area contributed by atoms with E-state index in [2.05, 4.69) is 0 Å². The summed E-state index contributed by atoms with van der Waals surface area (Å²) in [5.41, 5.74) is 10.2. The Morgan fingerprint density at radius 3 is 2.30 bits per heavy atom. The van der Waals surface area contributed by atoms with Crippen molar-refractivity contribution in [2.24, 2.45) is 0 Å². The smallest absolute Gasteiger partial charge is 0.258 e. The van der Waals surface area contributed by atoms with Crippen LogP contribution in [0.1, 0.15) is 28.4 Å². The van der Waals surface area contributed by atoms with Crippen LogP contribution in [0.3, 0.4) is 0 Å². The van der Waals surface area contributed by atoms with Gasteiger partial charge in [0.2, 0.25) is 0 Å². The van der Waals surface area contributed by atoms with Gasteiger partial charge in [0.15, 0.2) is 0 Å². The highest BCUT2D eigenvalue weighted by molar-refractivity contribution is 6.06. The van der Waals surface area contributed by atoms with E-state index in [9.17, 15) is 4.79 Å². The number of carbonyl (C=O) groups is 1. The SMILES string of the molecule is CCN(C(=O)c1ccc(N)c(C)c1)c1ccc(C)cc1. The molecule has 0 aliphatic rings. The van der Waals surface area contributed by atoms with E-state index >= 15 is 0 Å². The molecule has 0 atom stereocenters. The number of nitrogen functional groups attached to an aromatic ring is 1. The first-order chi connectivity index (χ1) is 9.52. The maximum atomic E-state index is 12.6. The molecule has 0 saturated carbocycles. The minimum atomic E-state index is -0.000506. The number of hydrogen-bond donors (Lipinski definition) is 1. The molecule has 0 spiro atoms. The van der Waals surface area contributed by atoms with Gasteiger partial charge in [0.05, 0.1) is 0 Å². The van der Waals surface area contributed by atoms with E-state index in [1.54, 1.807) is 17.0 Å². The first kappa shape index (κ1) is 14.1. The van der Waals surface area contributed by atoms with Gasteiger partial charge in [-0.05, 0) is 56.7 Å². The number of amides is 1. The van der Waals surface area contributed by atoms with Gasteiger partial charge >= 0.3 is 0 Å². The zero-order valence-electron chi connectivity index (χ0n) is 12.2. The lowest BCUT2D eigenvalue weighted by Crippen LogP contribution is -2.30. The second kappa shape index (κ2) is 5.78. The van der Waals surface area contributed by atoms with Crippen LogP contribution in [0.2, 0.25) is 0 Å². The van der Waals surface area contributed by atoms with Gasteiger partial charge in [0.1, 0.15) is 0 Å². The summed E-state index contributed by atoms with van der Waals surface area (Å²) in [6, 6.07) is 13.4. The van der Waals surface area contributed by atoms with Crippen LogP contribution in [0, 0.1) is 13.8 Å². The van der Waals surface area contributed by atoms with E-state index in [-0.39, 0.29) is 5.91 Å². The third-order valence-electron chi connectivity index (χ3n) is 3.42. The molecular weight excluding hydrogens is 248 g/mol. The van der Waals surface area contributed by atoms with Gasteiger partial charge in [-0.3, -0.25) is 4.79 Å². The van der Waals surface area contributed by atoms with Gasteiger partial charge < -0.3 is 10.6 Å². The van der Waals surface area contributed by atoms with Gasteiger partial charge in [0.25, 0.3) is 5.91 Å². The molecule has 104 valence electrons. The molecule has 1 amide bonds. The molecule has 0 radical (unpaired) electrons. The maximum Gasteiger partial charge on any atom is 0.258 e. The van der Waals surface area contributed by atoms with Crippen molar-refractivity contribution in [3.05, 3.63) is 59.2 Å². The molecule has 2 N–H and O–H groups in total. The Morgan fingerprint density at radius 1 is 1.10 bits per heavy atom. The van der Waals surface area contributed by atoms with E-state index in [0.29, 0.717) is 17.8 Å². The van der Waals surface area contributed by atoms with Crippen LogP contribution < -0.4 is 10.6 Å². The number of nitrogens with zero attached hydrogens (tertiary/aromatic N) is 1. The van der Waals surface area contributed by atoms with Crippen molar-refractivity contribution in [2.75, 3.05) is 17.2 Å². The summed E-state index contributed by atoms with van der Waals surface area (Å²) in [5, 5.41) is 0. The van der Waals surface area contributed by atoms with Crippen LogP contribution in [0.15, 0.2) is 42.5 Å². The van der Waals surface area contributed by atoms with Crippen LogP contribution in [0.4, 0.5) is 11.4 Å². The monoisotopic (exact) mass is 268 g/mol. The Labute approximate surface area is 120 Å². The van der Waals surface area contributed by atoms with Crippen molar-refractivity contribution in [1.82, 2.24) is 0 Å². The lowest BCUT2D eigenvalue weighted by atomic mass is 10.1. The summed E-state index contributed by atoms with van der Waals surface area (Å²) in [4.78, 5) is 14.4. The maximum absolute atomic E-state index is 12.6. The molecule has 3 nitrogen and oxygen atoms in total. The molecule has 0 saturated heterocycles. The van der Waals surface area contributed by atoms with Gasteiger partial charge in [-0.2, -0.15) is 0 Å². The molecule has 20 heavy (non-hydrogen) atoms. The molecule has 0 heterocycles. The molecule has 0 aliphatic carbocycles. The molecular formula is C17H20N2O. The molecule has 0 aliphatic heterocycles. The first-order valence-corrected chi connectivity index (χ1v) is 6.77. The summed E-state index contributed by atoms with van der Waals surface area (Å²) in [6.45, 7) is 6.55. The van der Waals surface area contributed by atoms with Crippen LogP contribution >= 0.6 is 0 Å². The van der Waals surface area contributed by atoms with Crippen molar-refractivity contribution in [2.45, 2.75) is 20.8 Å². The summed E-state index contributed by atoms with van der Waals surface area (Å²) >= 11 is 0. The summed E-state index contributed by atoms with van der Waals surface area (Å²) in [6.07, 6.45) is 0. The molecule has 0 unspecified atom stereocenters. The third kappa shape index (κ3) is 2.82. The van der Waals surface area contributed by atoms with Crippen LogP contribution in [-0.4, -0.2) is 12.5 Å². The van der Waals surface area contributed by atoms with Crippen LogP contribution in [0.5, 0.6) is 0 Å². The quantitative estimate of drug-likeness (QED) is 0.865. The molecule has 3 heteroatoms. The fraction of sp³-hybridized carbons (Fsp3) is 0.235. The summed E-state index contributed by atoms with van der Waals surface area (Å²) in [7, 11) is 0. The van der Waals surface area contributed by atoms with Crippen molar-refractivity contribution < 1.29 is 4.79 Å². The lowest BCUT2D eigenvalue weighted by Gasteiger charge is -2.21. The van der Waals surface area contributed by atoms with E-state index in [1.165, 1.54) is 5.56 Å². The Balaban J connectivity index is 2.33. The van der Waals surface area contributed by atoms with E-state index in [0.717, 1.165) is 11.3 Å². The zero-order chi connectivity index (χ0) is 14.7. The van der Waals surface area contributed by atoms with Crippen molar-refractivity contribution in [3.8, 4) is 0 Å². The molecule has 0 bridgehead atoms.